The van der Waals surface area contributed by atoms with Crippen molar-refractivity contribution >= 4 is 17.7 Å². The van der Waals surface area contributed by atoms with E-state index in [2.05, 4.69) is 10.3 Å². The van der Waals surface area contributed by atoms with Crippen molar-refractivity contribution in [3.05, 3.63) is 36.0 Å². The van der Waals surface area contributed by atoms with Crippen LogP contribution in [0, 0.1) is 0 Å². The highest BCUT2D eigenvalue weighted by Gasteiger charge is 2.11. The molecule has 0 fully saturated rings. The number of nitrogens with zero attached hydrogens (tertiary/aromatic N) is 2. The van der Waals surface area contributed by atoms with E-state index in [-0.39, 0.29) is 5.91 Å². The summed E-state index contributed by atoms with van der Waals surface area (Å²) >= 11 is 1.57. The predicted octanol–water partition coefficient (Wildman–Crippen LogP) is 2.46. The fourth-order valence-corrected chi connectivity index (χ4v) is 2.64. The summed E-state index contributed by atoms with van der Waals surface area (Å²) in [5.74, 6) is 1.55. The van der Waals surface area contributed by atoms with Gasteiger partial charge in [0.05, 0.1) is 5.75 Å². The Balaban J connectivity index is 1.75. The number of imidazole rings is 1. The zero-order valence-electron chi connectivity index (χ0n) is 12.9. The van der Waals surface area contributed by atoms with E-state index in [1.807, 2.05) is 30.8 Å². The van der Waals surface area contributed by atoms with Gasteiger partial charge < -0.3 is 19.0 Å². The van der Waals surface area contributed by atoms with Gasteiger partial charge in [-0.15, -0.1) is 0 Å². The summed E-state index contributed by atoms with van der Waals surface area (Å²) in [6, 6.07) is 3.53. The minimum absolute atomic E-state index is 0.190. The van der Waals surface area contributed by atoms with Crippen molar-refractivity contribution in [3.8, 4) is 0 Å². The minimum atomic E-state index is -0.190. The molecular weight excluding hydrogens is 302 g/mol. The first-order valence-electron chi connectivity index (χ1n) is 7.25. The summed E-state index contributed by atoms with van der Waals surface area (Å²) in [6.45, 7) is 3.88. The number of rotatable bonds is 9. The van der Waals surface area contributed by atoms with Crippen molar-refractivity contribution < 1.29 is 13.9 Å². The van der Waals surface area contributed by atoms with Gasteiger partial charge in [0.15, 0.2) is 10.9 Å². The first-order valence-corrected chi connectivity index (χ1v) is 8.24. The van der Waals surface area contributed by atoms with Crippen LogP contribution in [0.5, 0.6) is 0 Å². The summed E-state index contributed by atoms with van der Waals surface area (Å²) in [5, 5.41) is 3.73. The van der Waals surface area contributed by atoms with Gasteiger partial charge in [0.25, 0.3) is 5.91 Å². The second-order valence-electron chi connectivity index (χ2n) is 4.68. The summed E-state index contributed by atoms with van der Waals surface area (Å²) < 4.78 is 12.7. The summed E-state index contributed by atoms with van der Waals surface area (Å²) in [7, 11) is 1.94. The number of thioether (sulfide) groups is 1. The Kier molecular flexibility index (Phi) is 6.54. The smallest absolute Gasteiger partial charge is 0.286 e. The Morgan fingerprint density at radius 1 is 1.50 bits per heavy atom. The third-order valence-corrected chi connectivity index (χ3v) is 4.04. The average Bonchev–Trinajstić information content (AvgIpc) is 3.14. The molecule has 0 radical (unpaired) electrons. The molecule has 0 aliphatic heterocycles. The van der Waals surface area contributed by atoms with Crippen molar-refractivity contribution in [2.24, 2.45) is 7.05 Å². The molecule has 0 atom stereocenters. The van der Waals surface area contributed by atoms with Gasteiger partial charge in [0.2, 0.25) is 0 Å². The van der Waals surface area contributed by atoms with E-state index < -0.39 is 0 Å². The molecule has 22 heavy (non-hydrogen) atoms. The van der Waals surface area contributed by atoms with Crippen LogP contribution in [-0.2, 0) is 17.5 Å². The Labute approximate surface area is 134 Å². The number of carbonyl (C=O) groups excluding carboxylic acids is 1. The lowest BCUT2D eigenvalue weighted by atomic mass is 10.4. The second kappa shape index (κ2) is 8.65. The molecule has 120 valence electrons. The van der Waals surface area contributed by atoms with E-state index in [0.717, 1.165) is 17.3 Å². The molecule has 0 saturated heterocycles. The molecule has 7 heteroatoms. The van der Waals surface area contributed by atoms with Crippen LogP contribution < -0.4 is 5.32 Å². The van der Waals surface area contributed by atoms with Gasteiger partial charge in [-0.25, -0.2) is 4.98 Å². The van der Waals surface area contributed by atoms with Gasteiger partial charge in [-0.2, -0.15) is 0 Å². The van der Waals surface area contributed by atoms with Crippen LogP contribution in [0.2, 0.25) is 0 Å². The van der Waals surface area contributed by atoms with E-state index in [1.165, 1.54) is 0 Å². The molecule has 2 rings (SSSR count). The van der Waals surface area contributed by atoms with Gasteiger partial charge in [0.1, 0.15) is 5.76 Å². The number of carbonyl (C=O) groups is 1. The Morgan fingerprint density at radius 3 is 3.09 bits per heavy atom. The van der Waals surface area contributed by atoms with E-state index in [0.29, 0.717) is 31.3 Å². The first kappa shape index (κ1) is 16.6. The molecule has 6 nitrogen and oxygen atoms in total. The highest BCUT2D eigenvalue weighted by molar-refractivity contribution is 7.98. The van der Waals surface area contributed by atoms with Crippen LogP contribution in [0.3, 0.4) is 0 Å². The Bertz CT molecular complexity index is 594. The van der Waals surface area contributed by atoms with Crippen molar-refractivity contribution in [3.63, 3.8) is 0 Å². The minimum Gasteiger partial charge on any atom is -0.455 e. The maximum atomic E-state index is 11.9. The lowest BCUT2D eigenvalue weighted by Crippen LogP contribution is -2.24. The third kappa shape index (κ3) is 4.92. The van der Waals surface area contributed by atoms with Crippen LogP contribution >= 0.6 is 11.8 Å². The molecule has 0 aliphatic carbocycles. The van der Waals surface area contributed by atoms with Crippen molar-refractivity contribution in [2.75, 3.05) is 19.8 Å². The number of nitrogens with one attached hydrogen (secondary N) is 1. The molecule has 1 amide bonds. The van der Waals surface area contributed by atoms with Crippen molar-refractivity contribution in [1.82, 2.24) is 14.9 Å². The molecule has 1 N–H and O–H groups in total. The van der Waals surface area contributed by atoms with Crippen LogP contribution in [0.25, 0.3) is 0 Å². The van der Waals surface area contributed by atoms with Crippen molar-refractivity contribution in [1.29, 1.82) is 0 Å². The molecular formula is C15H21N3O3S. The zero-order chi connectivity index (χ0) is 15.8. The number of amides is 1. The summed E-state index contributed by atoms with van der Waals surface area (Å²) in [5.41, 5.74) is 0. The van der Waals surface area contributed by atoms with E-state index in [4.69, 9.17) is 9.15 Å². The largest absolute Gasteiger partial charge is 0.455 e. The molecule has 0 saturated carbocycles. The fraction of sp³-hybridized carbons (Fsp3) is 0.467. The van der Waals surface area contributed by atoms with Gasteiger partial charge in [-0.05, 0) is 25.5 Å². The third-order valence-electron chi connectivity index (χ3n) is 2.96. The second-order valence-corrected chi connectivity index (χ2v) is 5.62. The SMILES string of the molecule is CCOCCCNC(=O)c1ccc(CSc2nccn2C)o1. The lowest BCUT2D eigenvalue weighted by molar-refractivity contribution is 0.0915. The number of hydrogen-bond acceptors (Lipinski definition) is 5. The predicted molar refractivity (Wildman–Crippen MR) is 84.9 cm³/mol. The zero-order valence-corrected chi connectivity index (χ0v) is 13.7. The summed E-state index contributed by atoms with van der Waals surface area (Å²) in [4.78, 5) is 16.1. The highest BCUT2D eigenvalue weighted by Crippen LogP contribution is 2.21. The van der Waals surface area contributed by atoms with Gasteiger partial charge in [0, 0.05) is 39.2 Å². The topological polar surface area (TPSA) is 69.3 Å². The van der Waals surface area contributed by atoms with Crippen molar-refractivity contribution in [2.45, 2.75) is 24.3 Å². The quantitative estimate of drug-likeness (QED) is 0.567. The number of hydrogen-bond donors (Lipinski definition) is 1. The van der Waals surface area contributed by atoms with Crippen LogP contribution in [-0.4, -0.2) is 35.2 Å². The van der Waals surface area contributed by atoms with Crippen LogP contribution in [0.1, 0.15) is 29.7 Å². The Hall–Kier alpha value is -1.73. The number of aromatic nitrogens is 2. The van der Waals surface area contributed by atoms with Crippen LogP contribution in [0.15, 0.2) is 34.1 Å². The highest BCUT2D eigenvalue weighted by atomic mass is 32.2. The molecule has 2 aromatic heterocycles. The molecule has 0 unspecified atom stereocenters. The maximum Gasteiger partial charge on any atom is 0.286 e. The normalized spacial score (nSPS) is 10.8. The number of ether oxygens (including phenoxy) is 1. The molecule has 0 bridgehead atoms. The van der Waals surface area contributed by atoms with Crippen LogP contribution in [0.4, 0.5) is 0 Å². The average molecular weight is 323 g/mol. The lowest BCUT2D eigenvalue weighted by Gasteiger charge is -2.03. The van der Waals surface area contributed by atoms with E-state index in [9.17, 15) is 4.79 Å². The standard InChI is InChI=1S/C15H21N3O3S/c1-3-20-10-4-7-16-14(19)13-6-5-12(21-13)11-22-15-17-8-9-18(15)2/h5-6,8-9H,3-4,7,10-11H2,1-2H3,(H,16,19). The van der Waals surface area contributed by atoms with E-state index >= 15 is 0 Å². The van der Waals surface area contributed by atoms with Gasteiger partial charge in [-0.3, -0.25) is 4.79 Å². The monoisotopic (exact) mass is 323 g/mol. The first-order chi connectivity index (χ1) is 10.7. The fourth-order valence-electron chi connectivity index (χ4n) is 1.81. The maximum absolute atomic E-state index is 11.9. The summed E-state index contributed by atoms with van der Waals surface area (Å²) in [6.07, 6.45) is 4.44. The van der Waals surface area contributed by atoms with Gasteiger partial charge >= 0.3 is 0 Å². The molecule has 0 aromatic carbocycles. The number of aryl methyl sites for hydroxylation is 1. The van der Waals surface area contributed by atoms with Gasteiger partial charge in [-0.1, -0.05) is 11.8 Å². The molecule has 0 aliphatic rings. The van der Waals surface area contributed by atoms with E-state index in [1.54, 1.807) is 24.0 Å². The molecule has 2 heterocycles. The molecule has 0 spiro atoms. The Morgan fingerprint density at radius 2 is 2.36 bits per heavy atom. The molecule has 2 aromatic rings. The number of furan rings is 1.